The molecule has 1 saturated heterocycles. The summed E-state index contributed by atoms with van der Waals surface area (Å²) in [6.45, 7) is 8.47. The van der Waals surface area contributed by atoms with Crippen LogP contribution < -0.4 is 5.32 Å². The number of carbonyl (C=O) groups is 1. The molecule has 1 heterocycles. The molecule has 118 valence electrons. The maximum absolute atomic E-state index is 11.9. The molecule has 1 fully saturated rings. The minimum Gasteiger partial charge on any atom is -0.444 e. The lowest BCUT2D eigenvalue weighted by molar-refractivity contribution is -0.0858. The number of epoxide rings is 1. The number of nitrogens with one attached hydrogen (secondary N) is 1. The molecular formula is C14H27NO5. The predicted octanol–water partition coefficient (Wildman–Crippen LogP) is 2.07. The van der Waals surface area contributed by atoms with Gasteiger partial charge >= 0.3 is 6.09 Å². The van der Waals surface area contributed by atoms with E-state index in [1.165, 1.54) is 0 Å². The van der Waals surface area contributed by atoms with Crippen LogP contribution in [0.5, 0.6) is 0 Å². The van der Waals surface area contributed by atoms with Gasteiger partial charge in [0.25, 0.3) is 0 Å². The molecule has 1 amide bonds. The lowest BCUT2D eigenvalue weighted by Crippen LogP contribution is -2.47. The van der Waals surface area contributed by atoms with Crippen LogP contribution in [0.15, 0.2) is 0 Å². The van der Waals surface area contributed by atoms with Gasteiger partial charge in [-0.15, -0.1) is 0 Å². The number of rotatable bonds is 8. The second kappa shape index (κ2) is 7.81. The van der Waals surface area contributed by atoms with Crippen LogP contribution in [0.3, 0.4) is 0 Å². The molecule has 0 saturated carbocycles. The van der Waals surface area contributed by atoms with Crippen LogP contribution in [-0.4, -0.2) is 50.5 Å². The summed E-state index contributed by atoms with van der Waals surface area (Å²) in [5.74, 6) is 0. The average molecular weight is 289 g/mol. The van der Waals surface area contributed by atoms with Crippen molar-refractivity contribution in [3.8, 4) is 0 Å². The van der Waals surface area contributed by atoms with E-state index < -0.39 is 11.7 Å². The van der Waals surface area contributed by atoms with E-state index in [4.69, 9.17) is 18.9 Å². The summed E-state index contributed by atoms with van der Waals surface area (Å²) in [6.07, 6.45) is 1.15. The van der Waals surface area contributed by atoms with Crippen LogP contribution in [0.2, 0.25) is 0 Å². The number of hydrogen-bond acceptors (Lipinski definition) is 5. The van der Waals surface area contributed by atoms with Crippen molar-refractivity contribution in [2.24, 2.45) is 0 Å². The highest BCUT2D eigenvalue weighted by Crippen LogP contribution is 2.20. The molecule has 0 aromatic carbocycles. The van der Waals surface area contributed by atoms with Gasteiger partial charge in [-0.3, -0.25) is 0 Å². The summed E-state index contributed by atoms with van der Waals surface area (Å²) in [4.78, 5) is 11.9. The van der Waals surface area contributed by atoms with E-state index in [2.05, 4.69) is 5.32 Å². The minimum absolute atomic E-state index is 0.119. The van der Waals surface area contributed by atoms with Crippen molar-refractivity contribution < 1.29 is 23.7 Å². The van der Waals surface area contributed by atoms with Gasteiger partial charge in [-0.2, -0.15) is 0 Å². The van der Waals surface area contributed by atoms with Crippen molar-refractivity contribution in [3.63, 3.8) is 0 Å². The number of alkyl carbamates (subject to hydrolysis) is 1. The summed E-state index contributed by atoms with van der Waals surface area (Å²) in [6, 6.07) is -0.141. The number of hydrogen-bond donors (Lipinski definition) is 1. The largest absolute Gasteiger partial charge is 0.444 e. The Labute approximate surface area is 121 Å². The van der Waals surface area contributed by atoms with E-state index in [1.807, 2.05) is 27.7 Å². The van der Waals surface area contributed by atoms with Gasteiger partial charge in [0.05, 0.1) is 24.9 Å². The zero-order chi connectivity index (χ0) is 15.2. The Bertz CT molecular complexity index is 298. The maximum atomic E-state index is 11.9. The van der Waals surface area contributed by atoms with Crippen LogP contribution in [0, 0.1) is 0 Å². The third-order valence-electron chi connectivity index (χ3n) is 2.87. The molecule has 0 bridgehead atoms. The highest BCUT2D eigenvalue weighted by molar-refractivity contribution is 5.68. The quantitative estimate of drug-likeness (QED) is 0.547. The topological polar surface area (TPSA) is 69.3 Å². The normalized spacial score (nSPS) is 21.1. The standard InChI is InChI=1S/C14H27NO5/c1-6-12(19-9-17-5)11(7-10-8-18-10)15-13(16)20-14(2,3)4/h10-12H,6-9H2,1-5H3,(H,15,16)/t10?,11-,12+/m1/s1. The summed E-state index contributed by atoms with van der Waals surface area (Å²) >= 11 is 0. The van der Waals surface area contributed by atoms with Gasteiger partial charge in [0.1, 0.15) is 12.4 Å². The number of carbonyl (C=O) groups excluding carboxylic acids is 1. The number of amides is 1. The fourth-order valence-electron chi connectivity index (χ4n) is 1.92. The van der Waals surface area contributed by atoms with Gasteiger partial charge in [0.2, 0.25) is 0 Å². The molecule has 20 heavy (non-hydrogen) atoms. The Hall–Kier alpha value is -0.850. The van der Waals surface area contributed by atoms with Gasteiger partial charge in [0.15, 0.2) is 0 Å². The van der Waals surface area contributed by atoms with Gasteiger partial charge in [-0.25, -0.2) is 4.79 Å². The first-order valence-electron chi connectivity index (χ1n) is 7.07. The first kappa shape index (κ1) is 17.2. The van der Waals surface area contributed by atoms with Crippen LogP contribution in [0.1, 0.15) is 40.5 Å². The zero-order valence-corrected chi connectivity index (χ0v) is 13.1. The van der Waals surface area contributed by atoms with Crippen molar-refractivity contribution in [1.29, 1.82) is 0 Å². The van der Waals surface area contributed by atoms with Crippen molar-refractivity contribution in [2.45, 2.75) is 64.4 Å². The SMILES string of the molecule is CC[C@H](OCOC)[C@@H](CC1CO1)NC(=O)OC(C)(C)C. The van der Waals surface area contributed by atoms with Crippen molar-refractivity contribution in [3.05, 3.63) is 0 Å². The predicted molar refractivity (Wildman–Crippen MR) is 74.6 cm³/mol. The molecule has 0 aromatic rings. The second-order valence-corrected chi connectivity index (χ2v) is 5.96. The molecule has 3 atom stereocenters. The van der Waals surface area contributed by atoms with E-state index in [1.54, 1.807) is 7.11 Å². The first-order chi connectivity index (χ1) is 9.35. The summed E-state index contributed by atoms with van der Waals surface area (Å²) in [7, 11) is 1.58. The molecular weight excluding hydrogens is 262 g/mol. The van der Waals surface area contributed by atoms with E-state index in [0.717, 1.165) is 19.4 Å². The summed E-state index contributed by atoms with van der Waals surface area (Å²) in [5, 5.41) is 2.88. The van der Waals surface area contributed by atoms with Gasteiger partial charge in [-0.1, -0.05) is 6.92 Å². The van der Waals surface area contributed by atoms with Crippen molar-refractivity contribution in [1.82, 2.24) is 5.32 Å². The molecule has 1 rings (SSSR count). The van der Waals surface area contributed by atoms with Crippen LogP contribution in [0.25, 0.3) is 0 Å². The highest BCUT2D eigenvalue weighted by Gasteiger charge is 2.33. The third-order valence-corrected chi connectivity index (χ3v) is 2.87. The third kappa shape index (κ3) is 7.07. The molecule has 1 aliphatic rings. The first-order valence-corrected chi connectivity index (χ1v) is 7.07. The Balaban J connectivity index is 2.54. The summed E-state index contributed by atoms with van der Waals surface area (Å²) < 4.78 is 21.1. The lowest BCUT2D eigenvalue weighted by Gasteiger charge is -2.28. The Morgan fingerprint density at radius 3 is 2.55 bits per heavy atom. The van der Waals surface area contributed by atoms with Crippen LogP contribution >= 0.6 is 0 Å². The molecule has 6 heteroatoms. The molecule has 0 aliphatic carbocycles. The van der Waals surface area contributed by atoms with E-state index in [0.29, 0.717) is 0 Å². The van der Waals surface area contributed by atoms with Crippen LogP contribution in [-0.2, 0) is 18.9 Å². The fourth-order valence-corrected chi connectivity index (χ4v) is 1.92. The van der Waals surface area contributed by atoms with Crippen molar-refractivity contribution >= 4 is 6.09 Å². The maximum Gasteiger partial charge on any atom is 0.407 e. The van der Waals surface area contributed by atoms with Gasteiger partial charge in [0, 0.05) is 7.11 Å². The van der Waals surface area contributed by atoms with E-state index in [-0.39, 0.29) is 25.0 Å². The van der Waals surface area contributed by atoms with Gasteiger partial charge < -0.3 is 24.3 Å². The Morgan fingerprint density at radius 2 is 2.10 bits per heavy atom. The van der Waals surface area contributed by atoms with Crippen LogP contribution in [0.4, 0.5) is 4.79 Å². The molecule has 6 nitrogen and oxygen atoms in total. The molecule has 0 radical (unpaired) electrons. The Morgan fingerprint density at radius 1 is 1.45 bits per heavy atom. The second-order valence-electron chi connectivity index (χ2n) is 5.96. The smallest absolute Gasteiger partial charge is 0.407 e. The molecule has 0 aromatic heterocycles. The molecule has 1 aliphatic heterocycles. The van der Waals surface area contributed by atoms with E-state index >= 15 is 0 Å². The number of methoxy groups -OCH3 is 1. The summed E-state index contributed by atoms with van der Waals surface area (Å²) in [5.41, 5.74) is -0.514. The van der Waals surface area contributed by atoms with E-state index in [9.17, 15) is 4.79 Å². The molecule has 0 spiro atoms. The number of ether oxygens (including phenoxy) is 4. The fraction of sp³-hybridized carbons (Fsp3) is 0.929. The average Bonchev–Trinajstić information content (AvgIpc) is 3.11. The monoisotopic (exact) mass is 289 g/mol. The van der Waals surface area contributed by atoms with Gasteiger partial charge in [-0.05, 0) is 33.6 Å². The highest BCUT2D eigenvalue weighted by atomic mass is 16.7. The zero-order valence-electron chi connectivity index (χ0n) is 13.1. The molecule has 1 unspecified atom stereocenters. The lowest BCUT2D eigenvalue weighted by atomic mass is 10.0. The molecule has 1 N–H and O–H groups in total. The van der Waals surface area contributed by atoms with Crippen molar-refractivity contribution in [2.75, 3.05) is 20.5 Å². The Kier molecular flexibility index (Phi) is 6.71. The minimum atomic E-state index is -0.514.